The van der Waals surface area contributed by atoms with E-state index in [0.717, 1.165) is 30.2 Å². The van der Waals surface area contributed by atoms with Gasteiger partial charge in [-0.3, -0.25) is 5.10 Å². The molecule has 2 aromatic rings. The van der Waals surface area contributed by atoms with E-state index < -0.39 is 0 Å². The SMILES string of the molecule is CCNC(C)Cc1nc(-c2ccccc2)n[nH]1. The van der Waals surface area contributed by atoms with Crippen molar-refractivity contribution >= 4 is 0 Å². The first kappa shape index (κ1) is 11.8. The number of H-pyrrole nitrogens is 1. The molecule has 2 N–H and O–H groups in total. The van der Waals surface area contributed by atoms with Gasteiger partial charge in [0.1, 0.15) is 5.82 Å². The molecule has 0 saturated heterocycles. The van der Waals surface area contributed by atoms with Gasteiger partial charge in [-0.05, 0) is 13.5 Å². The van der Waals surface area contributed by atoms with Crippen LogP contribution in [-0.4, -0.2) is 27.8 Å². The van der Waals surface area contributed by atoms with E-state index in [0.29, 0.717) is 6.04 Å². The Hall–Kier alpha value is -1.68. The molecule has 0 fully saturated rings. The van der Waals surface area contributed by atoms with E-state index >= 15 is 0 Å². The van der Waals surface area contributed by atoms with Gasteiger partial charge in [-0.25, -0.2) is 4.98 Å². The second kappa shape index (κ2) is 5.59. The van der Waals surface area contributed by atoms with Gasteiger partial charge in [0.2, 0.25) is 0 Å². The van der Waals surface area contributed by atoms with Crippen LogP contribution in [0.1, 0.15) is 19.7 Å². The number of hydrogen-bond donors (Lipinski definition) is 2. The predicted molar refractivity (Wildman–Crippen MR) is 68.7 cm³/mol. The van der Waals surface area contributed by atoms with Crippen molar-refractivity contribution in [3.05, 3.63) is 36.2 Å². The summed E-state index contributed by atoms with van der Waals surface area (Å²) < 4.78 is 0. The monoisotopic (exact) mass is 230 g/mol. The highest BCUT2D eigenvalue weighted by Gasteiger charge is 2.08. The summed E-state index contributed by atoms with van der Waals surface area (Å²) >= 11 is 0. The maximum atomic E-state index is 4.50. The molecule has 0 aliphatic heterocycles. The summed E-state index contributed by atoms with van der Waals surface area (Å²) in [7, 11) is 0. The number of likely N-dealkylation sites (N-methyl/N-ethyl adjacent to an activating group) is 1. The first-order valence-electron chi connectivity index (χ1n) is 5.99. The molecule has 1 aromatic heterocycles. The molecule has 1 heterocycles. The van der Waals surface area contributed by atoms with E-state index in [4.69, 9.17) is 0 Å². The fourth-order valence-electron chi connectivity index (χ4n) is 1.81. The highest BCUT2D eigenvalue weighted by molar-refractivity contribution is 5.53. The zero-order valence-electron chi connectivity index (χ0n) is 10.3. The lowest BCUT2D eigenvalue weighted by molar-refractivity contribution is 0.553. The van der Waals surface area contributed by atoms with E-state index in [9.17, 15) is 0 Å². The highest BCUT2D eigenvalue weighted by Crippen LogP contribution is 2.13. The molecule has 4 nitrogen and oxygen atoms in total. The topological polar surface area (TPSA) is 53.6 Å². The number of benzene rings is 1. The van der Waals surface area contributed by atoms with E-state index in [-0.39, 0.29) is 0 Å². The third-order valence-electron chi connectivity index (χ3n) is 2.62. The van der Waals surface area contributed by atoms with E-state index in [1.165, 1.54) is 0 Å². The van der Waals surface area contributed by atoms with Crippen LogP contribution in [0.15, 0.2) is 30.3 Å². The Kier molecular flexibility index (Phi) is 3.88. The minimum Gasteiger partial charge on any atom is -0.314 e. The number of aromatic nitrogens is 3. The predicted octanol–water partition coefficient (Wildman–Crippen LogP) is 2.01. The molecule has 1 atom stereocenters. The summed E-state index contributed by atoms with van der Waals surface area (Å²) in [5.74, 6) is 1.70. The molecule has 0 saturated carbocycles. The number of rotatable bonds is 5. The number of nitrogens with zero attached hydrogens (tertiary/aromatic N) is 2. The van der Waals surface area contributed by atoms with Crippen LogP contribution in [0.2, 0.25) is 0 Å². The van der Waals surface area contributed by atoms with Crippen molar-refractivity contribution < 1.29 is 0 Å². The average molecular weight is 230 g/mol. The first-order chi connectivity index (χ1) is 8.29. The molecule has 0 aliphatic carbocycles. The Morgan fingerprint density at radius 3 is 2.76 bits per heavy atom. The van der Waals surface area contributed by atoms with Crippen molar-refractivity contribution in [2.45, 2.75) is 26.3 Å². The maximum Gasteiger partial charge on any atom is 0.181 e. The molecular formula is C13H18N4. The molecule has 90 valence electrons. The van der Waals surface area contributed by atoms with Crippen LogP contribution in [0.25, 0.3) is 11.4 Å². The number of nitrogens with one attached hydrogen (secondary N) is 2. The Bertz CT molecular complexity index is 449. The third-order valence-corrected chi connectivity index (χ3v) is 2.62. The zero-order valence-corrected chi connectivity index (χ0v) is 10.3. The average Bonchev–Trinajstić information content (AvgIpc) is 2.79. The van der Waals surface area contributed by atoms with Gasteiger partial charge >= 0.3 is 0 Å². The standard InChI is InChI=1S/C13H18N4/c1-3-14-10(2)9-12-15-13(17-16-12)11-7-5-4-6-8-11/h4-8,10,14H,3,9H2,1-2H3,(H,15,16,17). The molecule has 0 amide bonds. The van der Waals surface area contributed by atoms with Crippen molar-refractivity contribution in [2.75, 3.05) is 6.54 Å². The summed E-state index contributed by atoms with van der Waals surface area (Å²) in [5, 5.41) is 10.6. The number of aromatic amines is 1. The Labute approximate surface area is 101 Å². The van der Waals surface area contributed by atoms with Gasteiger partial charge < -0.3 is 5.32 Å². The summed E-state index contributed by atoms with van der Waals surface area (Å²) in [6.07, 6.45) is 0.869. The van der Waals surface area contributed by atoms with Crippen LogP contribution in [0.3, 0.4) is 0 Å². The second-order valence-corrected chi connectivity index (χ2v) is 4.13. The van der Waals surface area contributed by atoms with E-state index in [2.05, 4.69) is 34.3 Å². The Morgan fingerprint density at radius 2 is 2.06 bits per heavy atom. The van der Waals surface area contributed by atoms with Crippen LogP contribution in [0.4, 0.5) is 0 Å². The van der Waals surface area contributed by atoms with Gasteiger partial charge in [0.25, 0.3) is 0 Å². The molecule has 1 unspecified atom stereocenters. The Balaban J connectivity index is 2.06. The first-order valence-corrected chi connectivity index (χ1v) is 5.99. The van der Waals surface area contributed by atoms with Crippen LogP contribution < -0.4 is 5.32 Å². The summed E-state index contributed by atoms with van der Waals surface area (Å²) in [5.41, 5.74) is 1.05. The second-order valence-electron chi connectivity index (χ2n) is 4.13. The van der Waals surface area contributed by atoms with Crippen LogP contribution in [0.5, 0.6) is 0 Å². The lowest BCUT2D eigenvalue weighted by Gasteiger charge is -2.08. The molecule has 0 spiro atoms. The molecule has 0 bridgehead atoms. The van der Waals surface area contributed by atoms with Crippen molar-refractivity contribution in [3.63, 3.8) is 0 Å². The van der Waals surface area contributed by atoms with Gasteiger partial charge in [-0.15, -0.1) is 0 Å². The quantitative estimate of drug-likeness (QED) is 0.826. The highest BCUT2D eigenvalue weighted by atomic mass is 15.2. The van der Waals surface area contributed by atoms with Crippen molar-refractivity contribution in [3.8, 4) is 11.4 Å². The molecule has 2 rings (SSSR count). The van der Waals surface area contributed by atoms with Crippen LogP contribution >= 0.6 is 0 Å². The van der Waals surface area contributed by atoms with Gasteiger partial charge in [0.05, 0.1) is 0 Å². The van der Waals surface area contributed by atoms with E-state index in [1.54, 1.807) is 0 Å². The maximum absolute atomic E-state index is 4.50. The van der Waals surface area contributed by atoms with E-state index in [1.807, 2.05) is 30.3 Å². The smallest absolute Gasteiger partial charge is 0.181 e. The third kappa shape index (κ3) is 3.14. The normalized spacial score (nSPS) is 12.6. The summed E-state index contributed by atoms with van der Waals surface area (Å²) in [6, 6.07) is 10.4. The molecule has 1 aromatic carbocycles. The molecule has 17 heavy (non-hydrogen) atoms. The molecule has 0 radical (unpaired) electrons. The fourth-order valence-corrected chi connectivity index (χ4v) is 1.81. The van der Waals surface area contributed by atoms with Gasteiger partial charge in [-0.2, -0.15) is 5.10 Å². The molecule has 4 heteroatoms. The fraction of sp³-hybridized carbons (Fsp3) is 0.385. The van der Waals surface area contributed by atoms with Crippen molar-refractivity contribution in [1.29, 1.82) is 0 Å². The largest absolute Gasteiger partial charge is 0.314 e. The zero-order chi connectivity index (χ0) is 12.1. The summed E-state index contributed by atoms with van der Waals surface area (Å²) in [6.45, 7) is 5.22. The van der Waals surface area contributed by atoms with Gasteiger partial charge in [0, 0.05) is 18.0 Å². The van der Waals surface area contributed by atoms with Gasteiger partial charge in [-0.1, -0.05) is 37.3 Å². The van der Waals surface area contributed by atoms with Crippen molar-refractivity contribution in [1.82, 2.24) is 20.5 Å². The van der Waals surface area contributed by atoms with Crippen molar-refractivity contribution in [2.24, 2.45) is 0 Å². The van der Waals surface area contributed by atoms with Crippen LogP contribution in [0, 0.1) is 0 Å². The minimum atomic E-state index is 0.413. The van der Waals surface area contributed by atoms with Crippen LogP contribution in [-0.2, 0) is 6.42 Å². The number of hydrogen-bond acceptors (Lipinski definition) is 3. The lowest BCUT2D eigenvalue weighted by Crippen LogP contribution is -2.27. The lowest BCUT2D eigenvalue weighted by atomic mass is 10.2. The molecule has 0 aliphatic rings. The Morgan fingerprint density at radius 1 is 1.29 bits per heavy atom. The van der Waals surface area contributed by atoms with Gasteiger partial charge in [0.15, 0.2) is 5.82 Å². The molecular weight excluding hydrogens is 212 g/mol. The summed E-state index contributed by atoms with van der Waals surface area (Å²) in [4.78, 5) is 4.50. The minimum absolute atomic E-state index is 0.413.